The van der Waals surface area contributed by atoms with Crippen molar-refractivity contribution < 1.29 is 28.7 Å². The van der Waals surface area contributed by atoms with E-state index in [0.717, 1.165) is 11.1 Å². The van der Waals surface area contributed by atoms with Gasteiger partial charge in [-0.1, -0.05) is 42.5 Å². The van der Waals surface area contributed by atoms with Crippen molar-refractivity contribution in [3.8, 4) is 17.0 Å². The van der Waals surface area contributed by atoms with Crippen LogP contribution in [0.1, 0.15) is 34.3 Å². The number of imide groups is 1. The molecule has 2 aliphatic heterocycles. The lowest BCUT2D eigenvalue weighted by Crippen LogP contribution is -2.52. The van der Waals surface area contributed by atoms with Crippen LogP contribution in [0.15, 0.2) is 60.8 Å². The smallest absolute Gasteiger partial charge is 0.412 e. The van der Waals surface area contributed by atoms with Crippen LogP contribution in [0.3, 0.4) is 0 Å². The van der Waals surface area contributed by atoms with E-state index < -0.39 is 18.0 Å². The molecule has 2 aliphatic rings. The van der Waals surface area contributed by atoms with Gasteiger partial charge in [-0.2, -0.15) is 0 Å². The minimum atomic E-state index is -0.687. The molecule has 1 unspecified atom stereocenters. The molecule has 2 N–H and O–H groups in total. The van der Waals surface area contributed by atoms with Gasteiger partial charge in [0, 0.05) is 30.2 Å². The van der Waals surface area contributed by atoms with E-state index in [9.17, 15) is 19.2 Å². The van der Waals surface area contributed by atoms with Gasteiger partial charge in [0.2, 0.25) is 11.8 Å². The molecule has 0 radical (unpaired) electrons. The predicted molar refractivity (Wildman–Crippen MR) is 133 cm³/mol. The normalized spacial score (nSPS) is 16.7. The Hall–Kier alpha value is -4.73. The van der Waals surface area contributed by atoms with Crippen LogP contribution in [0.4, 0.5) is 10.5 Å². The summed E-state index contributed by atoms with van der Waals surface area (Å²) in [6.07, 6.45) is 1.32. The van der Waals surface area contributed by atoms with Crippen LogP contribution in [-0.2, 0) is 27.5 Å². The topological polar surface area (TPSA) is 127 Å². The summed E-state index contributed by atoms with van der Waals surface area (Å²) in [5, 5.41) is 4.92. The molecule has 3 heterocycles. The number of carbonyl (C=O) groups is 4. The minimum absolute atomic E-state index is 0.0581. The Morgan fingerprint density at radius 1 is 1.14 bits per heavy atom. The van der Waals surface area contributed by atoms with Crippen LogP contribution in [0.25, 0.3) is 11.3 Å². The van der Waals surface area contributed by atoms with Crippen LogP contribution in [0.5, 0.6) is 5.75 Å². The molecule has 4 amide bonds. The van der Waals surface area contributed by atoms with Crippen molar-refractivity contribution in [1.82, 2.24) is 15.2 Å². The number of nitrogens with one attached hydrogen (secondary N) is 2. The third-order valence-corrected chi connectivity index (χ3v) is 6.33. The van der Waals surface area contributed by atoms with Gasteiger partial charge in [0.25, 0.3) is 5.91 Å². The molecule has 188 valence electrons. The van der Waals surface area contributed by atoms with Crippen molar-refractivity contribution in [3.05, 3.63) is 77.5 Å². The highest BCUT2D eigenvalue weighted by atomic mass is 16.5. The maximum atomic E-state index is 13.0. The third-order valence-electron chi connectivity index (χ3n) is 6.33. The number of fused-ring (bicyclic) bond motifs is 1. The van der Waals surface area contributed by atoms with Crippen molar-refractivity contribution in [3.63, 3.8) is 0 Å². The number of anilines is 1. The number of amides is 4. The van der Waals surface area contributed by atoms with Crippen LogP contribution in [0.2, 0.25) is 0 Å². The second kappa shape index (κ2) is 10.1. The zero-order valence-corrected chi connectivity index (χ0v) is 20.0. The summed E-state index contributed by atoms with van der Waals surface area (Å²) in [7, 11) is 1.53. The first kappa shape index (κ1) is 24.0. The Balaban J connectivity index is 1.21. The number of hydrogen-bond acceptors (Lipinski definition) is 7. The molecule has 1 atom stereocenters. The van der Waals surface area contributed by atoms with Crippen LogP contribution >= 0.6 is 0 Å². The molecular formula is C27H24N4O6. The Labute approximate surface area is 212 Å². The molecule has 10 nitrogen and oxygen atoms in total. The van der Waals surface area contributed by atoms with Crippen molar-refractivity contribution >= 4 is 29.5 Å². The number of hydrogen-bond donors (Lipinski definition) is 2. The number of rotatable bonds is 6. The van der Waals surface area contributed by atoms with Gasteiger partial charge in [0.05, 0.1) is 19.0 Å². The Kier molecular flexibility index (Phi) is 6.55. The van der Waals surface area contributed by atoms with Gasteiger partial charge in [-0.3, -0.25) is 30.0 Å². The first-order chi connectivity index (χ1) is 17.9. The van der Waals surface area contributed by atoms with Crippen LogP contribution < -0.4 is 15.4 Å². The average molecular weight is 501 g/mol. The Morgan fingerprint density at radius 3 is 2.70 bits per heavy atom. The van der Waals surface area contributed by atoms with Gasteiger partial charge in [0.1, 0.15) is 24.1 Å². The lowest BCUT2D eigenvalue weighted by molar-refractivity contribution is -0.136. The van der Waals surface area contributed by atoms with E-state index in [0.29, 0.717) is 34.7 Å². The second-order valence-electron chi connectivity index (χ2n) is 8.73. The van der Waals surface area contributed by atoms with E-state index in [-0.39, 0.29) is 31.4 Å². The lowest BCUT2D eigenvalue weighted by Gasteiger charge is -2.29. The third kappa shape index (κ3) is 4.99. The van der Waals surface area contributed by atoms with Crippen molar-refractivity contribution in [2.24, 2.45) is 0 Å². The minimum Gasteiger partial charge on any atom is -0.494 e. The molecule has 1 aromatic heterocycles. The molecule has 0 saturated carbocycles. The first-order valence-corrected chi connectivity index (χ1v) is 11.7. The lowest BCUT2D eigenvalue weighted by atomic mass is 10.0. The molecule has 37 heavy (non-hydrogen) atoms. The number of aromatic nitrogens is 1. The summed E-state index contributed by atoms with van der Waals surface area (Å²) in [6, 6.07) is 15.7. The van der Waals surface area contributed by atoms with Gasteiger partial charge < -0.3 is 14.4 Å². The van der Waals surface area contributed by atoms with Gasteiger partial charge in [-0.25, -0.2) is 4.79 Å². The predicted octanol–water partition coefficient (Wildman–Crippen LogP) is 3.27. The number of carbonyl (C=O) groups excluding carboxylic acids is 4. The maximum Gasteiger partial charge on any atom is 0.412 e. The molecule has 5 rings (SSSR count). The molecule has 0 bridgehead atoms. The molecule has 10 heteroatoms. The Bertz CT molecular complexity index is 1390. The summed E-state index contributed by atoms with van der Waals surface area (Å²) in [5.74, 6) is -0.570. The molecule has 0 aliphatic carbocycles. The number of ether oxygens (including phenoxy) is 2. The zero-order valence-electron chi connectivity index (χ0n) is 20.0. The fraction of sp³-hybridized carbons (Fsp3) is 0.222. The van der Waals surface area contributed by atoms with Gasteiger partial charge >= 0.3 is 6.09 Å². The SMILES string of the molecule is COc1cc(NC(=O)OCc2ccc3c(c2)C(=O)N(C2CCC(=O)NC2=O)C3)cnc1-c1ccccc1. The molecular weight excluding hydrogens is 476 g/mol. The highest BCUT2D eigenvalue weighted by molar-refractivity contribution is 6.05. The fourth-order valence-electron chi connectivity index (χ4n) is 4.48. The van der Waals surface area contributed by atoms with E-state index >= 15 is 0 Å². The number of nitrogens with zero attached hydrogens (tertiary/aromatic N) is 2. The van der Waals surface area contributed by atoms with E-state index in [1.165, 1.54) is 18.2 Å². The van der Waals surface area contributed by atoms with Crippen molar-refractivity contribution in [2.45, 2.75) is 32.0 Å². The molecule has 1 saturated heterocycles. The molecule has 3 aromatic rings. The Morgan fingerprint density at radius 2 is 1.95 bits per heavy atom. The highest BCUT2D eigenvalue weighted by Crippen LogP contribution is 2.30. The van der Waals surface area contributed by atoms with Gasteiger partial charge in [-0.15, -0.1) is 0 Å². The summed E-state index contributed by atoms with van der Waals surface area (Å²) in [6.45, 7) is 0.230. The largest absolute Gasteiger partial charge is 0.494 e. The first-order valence-electron chi connectivity index (χ1n) is 11.7. The number of benzene rings is 2. The molecule has 2 aromatic carbocycles. The monoisotopic (exact) mass is 500 g/mol. The summed E-state index contributed by atoms with van der Waals surface area (Å²) >= 11 is 0. The average Bonchev–Trinajstić information content (AvgIpc) is 3.23. The van der Waals surface area contributed by atoms with Crippen molar-refractivity contribution in [2.75, 3.05) is 12.4 Å². The van der Waals surface area contributed by atoms with Gasteiger partial charge in [-0.05, 0) is 23.6 Å². The number of methoxy groups -OCH3 is 1. The second-order valence-corrected chi connectivity index (χ2v) is 8.73. The summed E-state index contributed by atoms with van der Waals surface area (Å²) < 4.78 is 10.8. The summed E-state index contributed by atoms with van der Waals surface area (Å²) in [4.78, 5) is 54.9. The van der Waals surface area contributed by atoms with E-state index in [2.05, 4.69) is 15.6 Å². The standard InChI is InChI=1S/C27H24N4O6/c1-36-22-12-19(13-28-24(22)17-5-3-2-4-6-17)29-27(35)37-15-16-7-8-18-14-31(26(34)20(18)11-16)21-9-10-23(32)30-25(21)33/h2-8,11-13,21H,9-10,14-15H2,1H3,(H,29,35)(H,30,32,33). The molecule has 0 spiro atoms. The quantitative estimate of drug-likeness (QED) is 0.498. The zero-order chi connectivity index (χ0) is 25.9. The van der Waals surface area contributed by atoms with Crippen LogP contribution in [-0.4, -0.2) is 46.9 Å². The van der Waals surface area contributed by atoms with E-state index in [1.54, 1.807) is 24.3 Å². The maximum absolute atomic E-state index is 13.0. The van der Waals surface area contributed by atoms with Crippen molar-refractivity contribution in [1.29, 1.82) is 0 Å². The van der Waals surface area contributed by atoms with Crippen LogP contribution in [0, 0.1) is 0 Å². The number of piperidine rings is 1. The summed E-state index contributed by atoms with van der Waals surface area (Å²) in [5.41, 5.74) is 3.80. The van der Waals surface area contributed by atoms with Gasteiger partial charge in [0.15, 0.2) is 0 Å². The molecule has 1 fully saturated rings. The number of pyridine rings is 1. The van der Waals surface area contributed by atoms with E-state index in [1.807, 2.05) is 30.3 Å². The van der Waals surface area contributed by atoms with E-state index in [4.69, 9.17) is 9.47 Å². The fourth-order valence-corrected chi connectivity index (χ4v) is 4.48. The highest BCUT2D eigenvalue weighted by Gasteiger charge is 2.39.